The number of rotatable bonds is 4. The summed E-state index contributed by atoms with van der Waals surface area (Å²) in [6, 6.07) is 2.95. The van der Waals surface area contributed by atoms with E-state index in [0.717, 1.165) is 23.5 Å². The third-order valence-corrected chi connectivity index (χ3v) is 4.34. The number of furan rings is 1. The highest BCUT2D eigenvalue weighted by molar-refractivity contribution is 7.99. The molecule has 2 N–H and O–H groups in total. The Hall–Kier alpha value is -2.59. The molecule has 0 atom stereocenters. The van der Waals surface area contributed by atoms with Gasteiger partial charge in [-0.1, -0.05) is 11.6 Å². The van der Waals surface area contributed by atoms with E-state index < -0.39 is 4.92 Å². The van der Waals surface area contributed by atoms with Crippen molar-refractivity contribution in [2.45, 2.75) is 17.1 Å². The normalized spacial score (nSPS) is 10.9. The molecule has 0 bridgehead atoms. The molecule has 0 aromatic carbocycles. The van der Waals surface area contributed by atoms with E-state index in [1.54, 1.807) is 13.0 Å². The van der Waals surface area contributed by atoms with E-state index in [2.05, 4.69) is 15.2 Å². The Kier molecular flexibility index (Phi) is 3.92. The molecule has 0 aliphatic heterocycles. The second-order valence-electron chi connectivity index (χ2n) is 4.41. The van der Waals surface area contributed by atoms with Gasteiger partial charge < -0.3 is 10.3 Å². The van der Waals surface area contributed by atoms with Crippen LogP contribution < -0.4 is 5.84 Å². The third-order valence-electron chi connectivity index (χ3n) is 2.96. The second kappa shape index (κ2) is 5.89. The molecule has 0 radical (unpaired) electrons. The van der Waals surface area contributed by atoms with E-state index in [9.17, 15) is 10.1 Å². The van der Waals surface area contributed by atoms with Crippen LogP contribution in [0.25, 0.3) is 11.4 Å². The lowest BCUT2D eigenvalue weighted by Gasteiger charge is -2.03. The first-order chi connectivity index (χ1) is 11.0. The largest absolute Gasteiger partial charge is 0.469 e. The molecule has 3 aromatic heterocycles. The Morgan fingerprint density at radius 1 is 1.48 bits per heavy atom. The number of nitro groups is 1. The molecule has 0 aliphatic rings. The molecular formula is C12H9ClN6O3S. The number of pyridine rings is 1. The number of halogens is 1. The molecule has 0 saturated carbocycles. The number of hydrogen-bond donors (Lipinski definition) is 1. The van der Waals surface area contributed by atoms with Crippen molar-refractivity contribution in [2.24, 2.45) is 0 Å². The molecule has 0 saturated heterocycles. The fourth-order valence-corrected chi connectivity index (χ4v) is 2.80. The maximum Gasteiger partial charge on any atom is 0.289 e. The van der Waals surface area contributed by atoms with Crippen LogP contribution >= 0.6 is 23.4 Å². The van der Waals surface area contributed by atoms with Gasteiger partial charge in [-0.25, -0.2) is 9.66 Å². The summed E-state index contributed by atoms with van der Waals surface area (Å²) in [7, 11) is 0. The van der Waals surface area contributed by atoms with Gasteiger partial charge >= 0.3 is 0 Å². The summed E-state index contributed by atoms with van der Waals surface area (Å²) >= 11 is 7.06. The fraction of sp³-hybridized carbons (Fsp3) is 0.0833. The van der Waals surface area contributed by atoms with E-state index >= 15 is 0 Å². The quantitative estimate of drug-likeness (QED) is 0.431. The first kappa shape index (κ1) is 15.3. The van der Waals surface area contributed by atoms with Gasteiger partial charge in [0.2, 0.25) is 5.16 Å². The Labute approximate surface area is 138 Å². The Bertz CT molecular complexity index is 893. The molecule has 3 heterocycles. The van der Waals surface area contributed by atoms with Gasteiger partial charge in [0.1, 0.15) is 17.0 Å². The molecule has 23 heavy (non-hydrogen) atoms. The lowest BCUT2D eigenvalue weighted by molar-refractivity contribution is -0.385. The van der Waals surface area contributed by atoms with Gasteiger partial charge in [0.25, 0.3) is 5.69 Å². The molecule has 11 heteroatoms. The topological polar surface area (TPSA) is 126 Å². The molecule has 9 nitrogen and oxygen atoms in total. The SMILES string of the molecule is Cc1occc1-c1nnc(Sc2ncc([N+](=O)[O-])cc2Cl)n1N. The third kappa shape index (κ3) is 2.85. The lowest BCUT2D eigenvalue weighted by atomic mass is 10.2. The standard InChI is InChI=1S/C12H9ClN6O3S/c1-6-8(2-3-22-6)10-16-17-12(18(10)14)23-11-9(13)4-7(5-15-11)19(20)21/h2-5H,14H2,1H3. The minimum atomic E-state index is -0.571. The van der Waals surface area contributed by atoms with Gasteiger partial charge in [-0.15, -0.1) is 10.2 Å². The summed E-state index contributed by atoms with van der Waals surface area (Å²) in [5, 5.41) is 19.5. The van der Waals surface area contributed by atoms with Gasteiger partial charge in [0, 0.05) is 6.07 Å². The molecule has 118 valence electrons. The van der Waals surface area contributed by atoms with Crippen LogP contribution in [0.3, 0.4) is 0 Å². The molecule has 0 aliphatic carbocycles. The van der Waals surface area contributed by atoms with E-state index in [4.69, 9.17) is 21.9 Å². The summed E-state index contributed by atoms with van der Waals surface area (Å²) in [4.78, 5) is 14.1. The van der Waals surface area contributed by atoms with Crippen molar-refractivity contribution in [1.82, 2.24) is 19.9 Å². The summed E-state index contributed by atoms with van der Waals surface area (Å²) in [6.45, 7) is 1.78. The van der Waals surface area contributed by atoms with Crippen molar-refractivity contribution in [3.8, 4) is 11.4 Å². The maximum absolute atomic E-state index is 10.7. The smallest absolute Gasteiger partial charge is 0.289 e. The van der Waals surface area contributed by atoms with Crippen LogP contribution in [-0.2, 0) is 0 Å². The van der Waals surface area contributed by atoms with Gasteiger partial charge in [0.05, 0.1) is 21.8 Å². The number of hydrogen-bond acceptors (Lipinski definition) is 8. The highest BCUT2D eigenvalue weighted by atomic mass is 35.5. The summed E-state index contributed by atoms with van der Waals surface area (Å²) < 4.78 is 6.50. The van der Waals surface area contributed by atoms with Gasteiger partial charge in [0.15, 0.2) is 5.82 Å². The Morgan fingerprint density at radius 3 is 2.87 bits per heavy atom. The zero-order valence-corrected chi connectivity index (χ0v) is 13.2. The van der Waals surface area contributed by atoms with E-state index in [1.807, 2.05) is 0 Å². The van der Waals surface area contributed by atoms with Gasteiger partial charge in [-0.3, -0.25) is 10.1 Å². The average molecular weight is 353 g/mol. The summed E-state index contributed by atoms with van der Waals surface area (Å²) in [5.74, 6) is 7.08. The Morgan fingerprint density at radius 2 is 2.26 bits per heavy atom. The van der Waals surface area contributed by atoms with Crippen molar-refractivity contribution < 1.29 is 9.34 Å². The first-order valence-electron chi connectivity index (χ1n) is 6.20. The van der Waals surface area contributed by atoms with Crippen molar-refractivity contribution in [3.63, 3.8) is 0 Å². The van der Waals surface area contributed by atoms with Crippen LogP contribution in [-0.4, -0.2) is 24.8 Å². The molecule has 0 unspecified atom stereocenters. The minimum Gasteiger partial charge on any atom is -0.469 e. The monoisotopic (exact) mass is 352 g/mol. The van der Waals surface area contributed by atoms with Gasteiger partial charge in [-0.2, -0.15) is 0 Å². The number of nitrogen functional groups attached to an aromatic ring is 1. The van der Waals surface area contributed by atoms with Crippen LogP contribution in [0.4, 0.5) is 5.69 Å². The number of aromatic nitrogens is 4. The second-order valence-corrected chi connectivity index (χ2v) is 5.77. The average Bonchev–Trinajstić information content (AvgIpc) is 3.07. The predicted octanol–water partition coefficient (Wildman–Crippen LogP) is 2.67. The summed E-state index contributed by atoms with van der Waals surface area (Å²) in [6.07, 6.45) is 2.65. The van der Waals surface area contributed by atoms with Crippen LogP contribution in [0.2, 0.25) is 5.02 Å². The van der Waals surface area contributed by atoms with Crippen molar-refractivity contribution >= 4 is 29.1 Å². The van der Waals surface area contributed by atoms with Crippen molar-refractivity contribution in [2.75, 3.05) is 5.84 Å². The van der Waals surface area contributed by atoms with Crippen LogP contribution in [0, 0.1) is 17.0 Å². The molecule has 0 amide bonds. The summed E-state index contributed by atoms with van der Waals surface area (Å²) in [5.41, 5.74) is 0.526. The highest BCUT2D eigenvalue weighted by Gasteiger charge is 2.19. The van der Waals surface area contributed by atoms with Crippen LogP contribution in [0.1, 0.15) is 5.76 Å². The van der Waals surface area contributed by atoms with Crippen molar-refractivity contribution in [3.05, 3.63) is 45.5 Å². The fourth-order valence-electron chi connectivity index (χ4n) is 1.82. The first-order valence-corrected chi connectivity index (χ1v) is 7.39. The van der Waals surface area contributed by atoms with Crippen LogP contribution in [0.15, 0.2) is 39.2 Å². The molecule has 0 fully saturated rings. The number of nitrogens with zero attached hydrogens (tertiary/aromatic N) is 5. The maximum atomic E-state index is 10.7. The highest BCUT2D eigenvalue weighted by Crippen LogP contribution is 2.33. The Balaban J connectivity index is 1.91. The molecular weight excluding hydrogens is 344 g/mol. The molecule has 0 spiro atoms. The van der Waals surface area contributed by atoms with E-state index in [-0.39, 0.29) is 10.7 Å². The zero-order valence-electron chi connectivity index (χ0n) is 11.6. The number of nitrogens with two attached hydrogens (primary N) is 1. The zero-order chi connectivity index (χ0) is 16.6. The minimum absolute atomic E-state index is 0.133. The molecule has 3 aromatic rings. The lowest BCUT2D eigenvalue weighted by Crippen LogP contribution is -2.11. The van der Waals surface area contributed by atoms with Crippen molar-refractivity contribution in [1.29, 1.82) is 0 Å². The van der Waals surface area contributed by atoms with Crippen LogP contribution in [0.5, 0.6) is 0 Å². The van der Waals surface area contributed by atoms with E-state index in [1.165, 1.54) is 17.0 Å². The van der Waals surface area contributed by atoms with E-state index in [0.29, 0.717) is 21.8 Å². The predicted molar refractivity (Wildman–Crippen MR) is 82.6 cm³/mol. The molecule has 3 rings (SSSR count). The van der Waals surface area contributed by atoms with Gasteiger partial charge in [-0.05, 0) is 24.8 Å². The number of aryl methyl sites for hydroxylation is 1.